The molecular weight excluding hydrogens is 114 g/mol. The molecule has 2 atom stereocenters. The van der Waals surface area contributed by atoms with E-state index in [1.165, 1.54) is 0 Å². The Labute approximate surface area is 36.5 Å². The summed E-state index contributed by atoms with van der Waals surface area (Å²) in [5, 5.41) is -1.15. The van der Waals surface area contributed by atoms with Crippen molar-refractivity contribution in [3.63, 3.8) is 0 Å². The van der Waals surface area contributed by atoms with Crippen molar-refractivity contribution in [1.29, 1.82) is 0 Å². The highest BCUT2D eigenvalue weighted by Crippen LogP contribution is 2.44. The van der Waals surface area contributed by atoms with Gasteiger partial charge in [-0.2, -0.15) is 8.78 Å². The van der Waals surface area contributed by atoms with Crippen molar-refractivity contribution in [2.45, 2.75) is 12.3 Å². The molecule has 1 aliphatic rings. The van der Waals surface area contributed by atoms with Crippen molar-refractivity contribution in [2.75, 3.05) is 0 Å². The molecule has 5 heteroatoms. The Morgan fingerprint density at radius 1 is 1.43 bits per heavy atom. The summed E-state index contributed by atoms with van der Waals surface area (Å²) < 4.78 is 44.3. The highest BCUT2D eigenvalue weighted by Gasteiger charge is 2.70. The first-order chi connectivity index (χ1) is 3.07. The van der Waals surface area contributed by atoms with Crippen LogP contribution in [0.4, 0.5) is 17.7 Å². The van der Waals surface area contributed by atoms with Crippen LogP contribution in [0, 0.1) is 0 Å². The molecule has 0 N–H and O–H groups in total. The maximum Gasteiger partial charge on any atom is 0.379 e. The van der Waals surface area contributed by atoms with Crippen molar-refractivity contribution in [2.24, 2.45) is 0 Å². The molecule has 0 amide bonds. The first-order valence-electron chi connectivity index (χ1n) is 1.54. The topological polar surface area (TPSA) is 3.01 Å². The van der Waals surface area contributed by atoms with Crippen LogP contribution in [0.25, 0.3) is 0 Å². The Morgan fingerprint density at radius 2 is 1.57 bits per heavy atom. The minimum absolute atomic E-state index is 1.15. The van der Waals surface area contributed by atoms with Crippen LogP contribution in [0.1, 0.15) is 0 Å². The van der Waals surface area contributed by atoms with Crippen molar-refractivity contribution in [1.82, 2.24) is 5.12 Å². The summed E-state index contributed by atoms with van der Waals surface area (Å²) in [5.41, 5.74) is 0. The van der Waals surface area contributed by atoms with Gasteiger partial charge in [0.2, 0.25) is 0 Å². The molecule has 1 aliphatic heterocycles. The van der Waals surface area contributed by atoms with Gasteiger partial charge in [-0.15, -0.1) is 4.48 Å². The van der Waals surface area contributed by atoms with Crippen LogP contribution in [0.3, 0.4) is 0 Å². The summed E-state index contributed by atoms with van der Waals surface area (Å²) in [7, 11) is 0. The molecule has 0 aromatic carbocycles. The zero-order valence-electron chi connectivity index (χ0n) is 3.04. The normalized spacial score (nSPS) is 46.3. The maximum atomic E-state index is 11.1. The summed E-state index contributed by atoms with van der Waals surface area (Å²) >= 11 is 0. The van der Waals surface area contributed by atoms with Crippen LogP contribution in [0.2, 0.25) is 0 Å². The molecule has 0 aromatic heterocycles. The maximum absolute atomic E-state index is 11.1. The first kappa shape index (κ1) is 4.83. The molecule has 1 rings (SSSR count). The Morgan fingerprint density at radius 3 is 1.57 bits per heavy atom. The predicted octanol–water partition coefficient (Wildman–Crippen LogP) is 1.07. The third kappa shape index (κ3) is 0.411. The number of nitrogens with zero attached hydrogens (tertiary/aromatic N) is 1. The fourth-order valence-corrected chi connectivity index (χ4v) is 0.191. The zero-order chi connectivity index (χ0) is 5.65. The lowest BCUT2D eigenvalue weighted by Gasteiger charge is -1.78. The lowest BCUT2D eigenvalue weighted by atomic mass is 10.8. The molecule has 0 aliphatic carbocycles. The molecule has 42 valence electrons. The number of hydrogen-bond acceptors (Lipinski definition) is 1. The van der Waals surface area contributed by atoms with Gasteiger partial charge in [-0.05, 0) is 5.12 Å². The fraction of sp³-hybridized carbons (Fsp3) is 1.00. The Hall–Kier alpha value is -0.320. The highest BCUT2D eigenvalue weighted by atomic mass is 19.3. The van der Waals surface area contributed by atoms with Gasteiger partial charge in [0.15, 0.2) is 0 Å². The summed E-state index contributed by atoms with van der Waals surface area (Å²) in [6.07, 6.45) is -2.70. The number of hydrogen-bond donors (Lipinski definition) is 0. The van der Waals surface area contributed by atoms with Crippen molar-refractivity contribution >= 4 is 0 Å². The van der Waals surface area contributed by atoms with Crippen LogP contribution >= 0.6 is 0 Å². The fourth-order valence-electron chi connectivity index (χ4n) is 0.191. The lowest BCUT2D eigenvalue weighted by Crippen LogP contribution is -1.94. The van der Waals surface area contributed by atoms with Crippen molar-refractivity contribution < 1.29 is 17.7 Å². The average Bonchev–Trinajstić information content (AvgIpc) is 1.91. The van der Waals surface area contributed by atoms with Crippen LogP contribution in [0.5, 0.6) is 0 Å². The smallest absolute Gasteiger partial charge is 0.219 e. The Balaban J connectivity index is 2.52. The highest BCUT2D eigenvalue weighted by molar-refractivity contribution is 4.86. The molecule has 0 radical (unpaired) electrons. The molecular formula is C2HF4N. The largest absolute Gasteiger partial charge is 0.379 e. The van der Waals surface area contributed by atoms with Gasteiger partial charge in [0.05, 0.1) is 0 Å². The van der Waals surface area contributed by atoms with Crippen molar-refractivity contribution in [3.8, 4) is 0 Å². The quantitative estimate of drug-likeness (QED) is 0.197. The minimum atomic E-state index is -3.83. The van der Waals surface area contributed by atoms with E-state index in [4.69, 9.17) is 0 Å². The minimum Gasteiger partial charge on any atom is -0.219 e. The summed E-state index contributed by atoms with van der Waals surface area (Å²) in [6.45, 7) is 0. The molecule has 0 saturated carbocycles. The van der Waals surface area contributed by atoms with E-state index >= 15 is 0 Å². The molecule has 0 bridgehead atoms. The standard InChI is InChI=1S/C2HF4N/c3-1-2(4,5)7(1)6/h1H. The second-order valence-corrected chi connectivity index (χ2v) is 1.23. The van der Waals surface area contributed by atoms with Gasteiger partial charge in [-0.1, -0.05) is 0 Å². The predicted molar refractivity (Wildman–Crippen MR) is 12.8 cm³/mol. The second-order valence-electron chi connectivity index (χ2n) is 1.23. The first-order valence-corrected chi connectivity index (χ1v) is 1.54. The van der Waals surface area contributed by atoms with E-state index < -0.39 is 17.5 Å². The van der Waals surface area contributed by atoms with Crippen LogP contribution in [0.15, 0.2) is 0 Å². The van der Waals surface area contributed by atoms with Gasteiger partial charge in [-0.25, -0.2) is 4.39 Å². The van der Waals surface area contributed by atoms with E-state index in [2.05, 4.69) is 0 Å². The number of rotatable bonds is 0. The van der Waals surface area contributed by atoms with Crippen LogP contribution in [-0.4, -0.2) is 17.5 Å². The van der Waals surface area contributed by atoms with E-state index in [1.807, 2.05) is 0 Å². The van der Waals surface area contributed by atoms with E-state index in [9.17, 15) is 17.7 Å². The van der Waals surface area contributed by atoms with E-state index in [0.29, 0.717) is 0 Å². The summed E-state index contributed by atoms with van der Waals surface area (Å²) in [4.78, 5) is 0. The Kier molecular flexibility index (Phi) is 0.629. The van der Waals surface area contributed by atoms with Crippen LogP contribution < -0.4 is 0 Å². The molecule has 0 aromatic rings. The molecule has 1 heterocycles. The van der Waals surface area contributed by atoms with Gasteiger partial charge in [0, 0.05) is 0 Å². The van der Waals surface area contributed by atoms with Gasteiger partial charge in [-0.3, -0.25) is 0 Å². The second kappa shape index (κ2) is 0.912. The van der Waals surface area contributed by atoms with E-state index in [-0.39, 0.29) is 0 Å². The van der Waals surface area contributed by atoms with Gasteiger partial charge >= 0.3 is 6.05 Å². The third-order valence-electron chi connectivity index (χ3n) is 0.703. The average molecular weight is 115 g/mol. The molecule has 0 spiro atoms. The van der Waals surface area contributed by atoms with E-state index in [0.717, 1.165) is 0 Å². The van der Waals surface area contributed by atoms with Crippen molar-refractivity contribution in [3.05, 3.63) is 0 Å². The SMILES string of the molecule is FC1N(F)C1(F)F. The molecule has 7 heavy (non-hydrogen) atoms. The molecule has 1 fully saturated rings. The summed E-state index contributed by atoms with van der Waals surface area (Å²) in [6, 6.07) is -3.83. The van der Waals surface area contributed by atoms with Gasteiger partial charge in [0.1, 0.15) is 0 Å². The molecule has 1 nitrogen and oxygen atoms in total. The summed E-state index contributed by atoms with van der Waals surface area (Å²) in [5.74, 6) is 0. The monoisotopic (exact) mass is 115 g/mol. The van der Waals surface area contributed by atoms with Gasteiger partial charge < -0.3 is 0 Å². The number of alkyl halides is 3. The molecule has 2 unspecified atom stereocenters. The molecule has 1 saturated heterocycles. The number of halogens is 4. The Bertz CT molecular complexity index is 81.7. The van der Waals surface area contributed by atoms with E-state index in [1.54, 1.807) is 0 Å². The van der Waals surface area contributed by atoms with Gasteiger partial charge in [0.25, 0.3) is 6.30 Å². The lowest BCUT2D eigenvalue weighted by molar-refractivity contribution is -0.0306. The zero-order valence-corrected chi connectivity index (χ0v) is 3.04. The van der Waals surface area contributed by atoms with Crippen LogP contribution in [-0.2, 0) is 0 Å². The third-order valence-corrected chi connectivity index (χ3v) is 0.703.